The molecule has 1 aromatic carbocycles. The monoisotopic (exact) mass is 302 g/mol. The number of nitrogens with one attached hydrogen (secondary N) is 1. The van der Waals surface area contributed by atoms with E-state index in [0.717, 1.165) is 5.56 Å². The van der Waals surface area contributed by atoms with Crippen molar-refractivity contribution in [2.75, 3.05) is 13.2 Å². The molecule has 1 unspecified atom stereocenters. The minimum absolute atomic E-state index is 0.124. The maximum absolute atomic E-state index is 11.7. The first kappa shape index (κ1) is 15.0. The number of nitriles is 1. The summed E-state index contributed by atoms with van der Waals surface area (Å²) in [5.41, 5.74) is 1.15. The van der Waals surface area contributed by atoms with Gasteiger partial charge in [0.2, 0.25) is 0 Å². The van der Waals surface area contributed by atoms with Crippen molar-refractivity contribution >= 4 is 17.2 Å². The Labute approximate surface area is 126 Å². The van der Waals surface area contributed by atoms with Crippen LogP contribution in [0.5, 0.6) is 5.75 Å². The number of amides is 1. The molecule has 0 aliphatic heterocycles. The number of benzene rings is 1. The molecule has 21 heavy (non-hydrogen) atoms. The summed E-state index contributed by atoms with van der Waals surface area (Å²) in [4.78, 5) is 11.7. The molecule has 0 aliphatic carbocycles. The standard InChI is InChI=1S/C15H14N2O3S/c16-7-11-3-1-2-4-14(11)20-9-15(19)17-8-13(18)12-5-6-21-10-12/h1-6,10,13,18H,8-9H2,(H,17,19). The van der Waals surface area contributed by atoms with E-state index in [2.05, 4.69) is 5.32 Å². The molecule has 1 atom stereocenters. The summed E-state index contributed by atoms with van der Waals surface area (Å²) in [6.45, 7) is -0.0755. The number of nitrogens with zero attached hydrogens (tertiary/aromatic N) is 1. The summed E-state index contributed by atoms with van der Waals surface area (Å²) in [6, 6.07) is 10.5. The second kappa shape index (κ2) is 7.43. The number of thiophene rings is 1. The molecule has 0 saturated heterocycles. The Balaban J connectivity index is 1.79. The quantitative estimate of drug-likeness (QED) is 0.853. The first-order valence-corrected chi connectivity index (χ1v) is 7.24. The number of aliphatic hydroxyl groups is 1. The van der Waals surface area contributed by atoms with Gasteiger partial charge in [0.15, 0.2) is 6.61 Å². The van der Waals surface area contributed by atoms with Crippen molar-refractivity contribution in [2.45, 2.75) is 6.10 Å². The molecule has 0 radical (unpaired) electrons. The van der Waals surface area contributed by atoms with Crippen molar-refractivity contribution in [3.8, 4) is 11.8 Å². The lowest BCUT2D eigenvalue weighted by Gasteiger charge is -2.11. The highest BCUT2D eigenvalue weighted by Crippen LogP contribution is 2.16. The van der Waals surface area contributed by atoms with Gasteiger partial charge in [0.1, 0.15) is 11.8 Å². The summed E-state index contributed by atoms with van der Waals surface area (Å²) < 4.78 is 5.30. The number of hydrogen-bond donors (Lipinski definition) is 2. The van der Waals surface area contributed by atoms with Crippen LogP contribution in [0.15, 0.2) is 41.1 Å². The van der Waals surface area contributed by atoms with Gasteiger partial charge in [0, 0.05) is 6.54 Å². The molecule has 0 fully saturated rings. The van der Waals surface area contributed by atoms with E-state index in [1.807, 2.05) is 16.8 Å². The molecule has 1 heterocycles. The number of carbonyl (C=O) groups excluding carboxylic acids is 1. The molecule has 0 saturated carbocycles. The predicted molar refractivity (Wildman–Crippen MR) is 78.9 cm³/mol. The number of aliphatic hydroxyl groups excluding tert-OH is 1. The molecule has 0 aliphatic rings. The Bertz CT molecular complexity index is 635. The smallest absolute Gasteiger partial charge is 0.258 e. The second-order valence-corrected chi connectivity index (χ2v) is 5.05. The van der Waals surface area contributed by atoms with Crippen LogP contribution in [0.4, 0.5) is 0 Å². The zero-order valence-electron chi connectivity index (χ0n) is 11.2. The van der Waals surface area contributed by atoms with Crippen molar-refractivity contribution in [3.63, 3.8) is 0 Å². The SMILES string of the molecule is N#Cc1ccccc1OCC(=O)NCC(O)c1ccsc1. The average Bonchev–Trinajstić information content (AvgIpc) is 3.05. The Morgan fingerprint density at radius 2 is 2.24 bits per heavy atom. The van der Waals surface area contributed by atoms with Gasteiger partial charge < -0.3 is 15.2 Å². The maximum atomic E-state index is 11.7. The van der Waals surface area contributed by atoms with E-state index >= 15 is 0 Å². The van der Waals surface area contributed by atoms with Crippen LogP contribution < -0.4 is 10.1 Å². The highest BCUT2D eigenvalue weighted by Gasteiger charge is 2.11. The Morgan fingerprint density at radius 1 is 1.43 bits per heavy atom. The first-order valence-electron chi connectivity index (χ1n) is 6.29. The minimum Gasteiger partial charge on any atom is -0.482 e. The summed E-state index contributed by atoms with van der Waals surface area (Å²) in [5, 5.41) is 25.0. The normalized spacial score (nSPS) is 11.4. The van der Waals surface area contributed by atoms with Gasteiger partial charge in [-0.05, 0) is 34.5 Å². The van der Waals surface area contributed by atoms with Crippen LogP contribution in [-0.4, -0.2) is 24.2 Å². The van der Waals surface area contributed by atoms with Crippen LogP contribution in [-0.2, 0) is 4.79 Å². The average molecular weight is 302 g/mol. The third kappa shape index (κ3) is 4.31. The minimum atomic E-state index is -0.730. The van der Waals surface area contributed by atoms with E-state index in [-0.39, 0.29) is 19.1 Å². The third-order valence-corrected chi connectivity index (χ3v) is 3.49. The molecule has 5 nitrogen and oxygen atoms in total. The maximum Gasteiger partial charge on any atom is 0.258 e. The number of para-hydroxylation sites is 1. The van der Waals surface area contributed by atoms with Crippen molar-refractivity contribution < 1.29 is 14.6 Å². The van der Waals surface area contributed by atoms with Gasteiger partial charge in [-0.2, -0.15) is 16.6 Å². The van der Waals surface area contributed by atoms with Crippen LogP contribution >= 0.6 is 11.3 Å². The van der Waals surface area contributed by atoms with Gasteiger partial charge in [-0.1, -0.05) is 12.1 Å². The lowest BCUT2D eigenvalue weighted by molar-refractivity contribution is -0.123. The van der Waals surface area contributed by atoms with Crippen LogP contribution in [0.25, 0.3) is 0 Å². The zero-order valence-corrected chi connectivity index (χ0v) is 12.0. The van der Waals surface area contributed by atoms with E-state index in [1.54, 1.807) is 30.3 Å². The topological polar surface area (TPSA) is 82.3 Å². The van der Waals surface area contributed by atoms with Gasteiger partial charge in [-0.25, -0.2) is 0 Å². The Hall–Kier alpha value is -2.36. The molecule has 108 valence electrons. The van der Waals surface area contributed by atoms with Crippen LogP contribution in [0.2, 0.25) is 0 Å². The van der Waals surface area contributed by atoms with Crippen molar-refractivity contribution in [2.24, 2.45) is 0 Å². The molecule has 1 aromatic heterocycles. The lowest BCUT2D eigenvalue weighted by Crippen LogP contribution is -2.32. The van der Waals surface area contributed by atoms with Crippen LogP contribution in [0.3, 0.4) is 0 Å². The highest BCUT2D eigenvalue weighted by atomic mass is 32.1. The van der Waals surface area contributed by atoms with E-state index in [9.17, 15) is 9.90 Å². The van der Waals surface area contributed by atoms with Gasteiger partial charge in [0.05, 0.1) is 11.7 Å². The van der Waals surface area contributed by atoms with E-state index in [4.69, 9.17) is 10.00 Å². The van der Waals surface area contributed by atoms with Gasteiger partial charge >= 0.3 is 0 Å². The molecule has 1 amide bonds. The zero-order chi connectivity index (χ0) is 15.1. The first-order chi connectivity index (χ1) is 10.2. The van der Waals surface area contributed by atoms with E-state index < -0.39 is 6.10 Å². The van der Waals surface area contributed by atoms with Crippen molar-refractivity contribution in [1.29, 1.82) is 5.26 Å². The van der Waals surface area contributed by atoms with E-state index in [0.29, 0.717) is 11.3 Å². The van der Waals surface area contributed by atoms with E-state index in [1.165, 1.54) is 11.3 Å². The summed E-state index contributed by atoms with van der Waals surface area (Å²) in [5.74, 6) is 0.0190. The number of hydrogen-bond acceptors (Lipinski definition) is 5. The fourth-order valence-corrected chi connectivity index (χ4v) is 2.38. The second-order valence-electron chi connectivity index (χ2n) is 4.27. The molecule has 6 heteroatoms. The highest BCUT2D eigenvalue weighted by molar-refractivity contribution is 7.07. The number of ether oxygens (including phenoxy) is 1. The fourth-order valence-electron chi connectivity index (χ4n) is 1.67. The lowest BCUT2D eigenvalue weighted by atomic mass is 10.2. The van der Waals surface area contributed by atoms with Crippen molar-refractivity contribution in [3.05, 3.63) is 52.2 Å². The van der Waals surface area contributed by atoms with Crippen LogP contribution in [0, 0.1) is 11.3 Å². The molecule has 2 N–H and O–H groups in total. The molecular formula is C15H14N2O3S. The predicted octanol–water partition coefficient (Wildman–Crippen LogP) is 1.85. The van der Waals surface area contributed by atoms with Crippen molar-refractivity contribution in [1.82, 2.24) is 5.32 Å². The molecule has 2 rings (SSSR count). The van der Waals surface area contributed by atoms with Gasteiger partial charge in [0.25, 0.3) is 5.91 Å². The van der Waals surface area contributed by atoms with Gasteiger partial charge in [-0.3, -0.25) is 4.79 Å². The largest absolute Gasteiger partial charge is 0.482 e. The molecule has 0 bridgehead atoms. The third-order valence-electron chi connectivity index (χ3n) is 2.79. The summed E-state index contributed by atoms with van der Waals surface area (Å²) in [7, 11) is 0. The number of carbonyl (C=O) groups is 1. The molecular weight excluding hydrogens is 288 g/mol. The Kier molecular flexibility index (Phi) is 5.32. The van der Waals surface area contributed by atoms with Gasteiger partial charge in [-0.15, -0.1) is 0 Å². The summed E-state index contributed by atoms with van der Waals surface area (Å²) >= 11 is 1.49. The number of rotatable bonds is 6. The van der Waals surface area contributed by atoms with Crippen LogP contribution in [0.1, 0.15) is 17.2 Å². The molecule has 0 spiro atoms. The Morgan fingerprint density at radius 3 is 2.95 bits per heavy atom. The fraction of sp³-hybridized carbons (Fsp3) is 0.200. The molecule has 2 aromatic rings. The summed E-state index contributed by atoms with van der Waals surface area (Å²) in [6.07, 6.45) is -0.730.